The predicted molar refractivity (Wildman–Crippen MR) is 99.0 cm³/mol. The Bertz CT molecular complexity index is 1100. The number of anilines is 1. The van der Waals surface area contributed by atoms with Crippen molar-refractivity contribution in [1.29, 1.82) is 0 Å². The van der Waals surface area contributed by atoms with Gasteiger partial charge in [-0.3, -0.25) is 4.79 Å². The van der Waals surface area contributed by atoms with Crippen LogP contribution in [0.3, 0.4) is 0 Å². The van der Waals surface area contributed by atoms with Crippen LogP contribution >= 0.6 is 0 Å². The van der Waals surface area contributed by atoms with Crippen molar-refractivity contribution in [2.24, 2.45) is 0 Å². The summed E-state index contributed by atoms with van der Waals surface area (Å²) in [5, 5.41) is 23.1. The number of aromatic amines is 1. The summed E-state index contributed by atoms with van der Waals surface area (Å²) >= 11 is 0. The van der Waals surface area contributed by atoms with Gasteiger partial charge in [0, 0.05) is 31.7 Å². The van der Waals surface area contributed by atoms with Gasteiger partial charge in [0.05, 0.1) is 0 Å². The number of nitrogens with zero attached hydrogens (tertiary/aromatic N) is 9. The molecular weight excluding hydrogens is 360 g/mol. The molecule has 28 heavy (non-hydrogen) atoms. The standard InChI is InChI=1S/C17H16N10O/c28-17(12-1-2-13-14(9-12)21-24-20-13)26-7-5-25(6-8-26)15-3-4-16(23-22-15)27-11-18-10-19-27/h1-4,9-11H,5-8H2,(H,20,21,24). The minimum Gasteiger partial charge on any atom is -0.352 e. The normalized spacial score (nSPS) is 14.6. The molecule has 0 bridgehead atoms. The molecule has 3 aromatic heterocycles. The number of nitrogens with one attached hydrogen (secondary N) is 1. The lowest BCUT2D eigenvalue weighted by atomic mass is 10.1. The molecule has 1 amide bonds. The largest absolute Gasteiger partial charge is 0.352 e. The fourth-order valence-corrected chi connectivity index (χ4v) is 3.23. The third-order valence-electron chi connectivity index (χ3n) is 4.74. The van der Waals surface area contributed by atoms with Crippen LogP contribution in [0.2, 0.25) is 0 Å². The highest BCUT2D eigenvalue weighted by Gasteiger charge is 2.23. The number of carbonyl (C=O) groups excluding carboxylic acids is 1. The predicted octanol–water partition coefficient (Wildman–Crippen LogP) is 0.291. The van der Waals surface area contributed by atoms with E-state index in [2.05, 4.69) is 40.6 Å². The fraction of sp³-hybridized carbons (Fsp3) is 0.235. The molecule has 11 heteroatoms. The smallest absolute Gasteiger partial charge is 0.254 e. The second-order valence-corrected chi connectivity index (χ2v) is 6.40. The zero-order valence-electron chi connectivity index (χ0n) is 14.8. The topological polar surface area (TPSA) is 122 Å². The van der Waals surface area contributed by atoms with Gasteiger partial charge in [-0.1, -0.05) is 0 Å². The summed E-state index contributed by atoms with van der Waals surface area (Å²) in [7, 11) is 0. The number of carbonyl (C=O) groups is 1. The van der Waals surface area contributed by atoms with Crippen molar-refractivity contribution >= 4 is 22.8 Å². The molecule has 1 fully saturated rings. The molecule has 0 aliphatic carbocycles. The molecular formula is C17H16N10O. The van der Waals surface area contributed by atoms with Crippen LogP contribution in [-0.4, -0.2) is 77.4 Å². The lowest BCUT2D eigenvalue weighted by molar-refractivity contribution is 0.0746. The first-order valence-corrected chi connectivity index (χ1v) is 8.81. The van der Waals surface area contributed by atoms with Gasteiger partial charge in [-0.25, -0.2) is 9.67 Å². The summed E-state index contributed by atoms with van der Waals surface area (Å²) in [5.41, 5.74) is 2.05. The minimum absolute atomic E-state index is 0.00263. The average molecular weight is 376 g/mol. The number of H-pyrrole nitrogens is 1. The van der Waals surface area contributed by atoms with Crippen molar-refractivity contribution in [1.82, 2.24) is 45.3 Å². The minimum atomic E-state index is -0.00263. The van der Waals surface area contributed by atoms with E-state index in [4.69, 9.17) is 0 Å². The van der Waals surface area contributed by atoms with Crippen molar-refractivity contribution in [3.63, 3.8) is 0 Å². The van der Waals surface area contributed by atoms with Crippen LogP contribution in [0.1, 0.15) is 10.4 Å². The molecule has 1 saturated heterocycles. The third-order valence-corrected chi connectivity index (χ3v) is 4.74. The van der Waals surface area contributed by atoms with E-state index in [0.29, 0.717) is 43.1 Å². The van der Waals surface area contributed by atoms with Gasteiger partial charge in [-0.15, -0.1) is 10.2 Å². The second kappa shape index (κ2) is 6.68. The summed E-state index contributed by atoms with van der Waals surface area (Å²) < 4.78 is 1.55. The number of amides is 1. The van der Waals surface area contributed by atoms with Crippen LogP contribution in [-0.2, 0) is 0 Å². The number of aromatic nitrogens is 8. The highest BCUT2D eigenvalue weighted by atomic mass is 16.2. The van der Waals surface area contributed by atoms with Gasteiger partial charge >= 0.3 is 0 Å². The van der Waals surface area contributed by atoms with Gasteiger partial charge in [0.2, 0.25) is 0 Å². The van der Waals surface area contributed by atoms with Crippen LogP contribution in [0.15, 0.2) is 43.0 Å². The average Bonchev–Trinajstić information content (AvgIpc) is 3.45. The summed E-state index contributed by atoms with van der Waals surface area (Å²) in [6.07, 6.45) is 3.02. The maximum absolute atomic E-state index is 12.8. The Morgan fingerprint density at radius 2 is 1.71 bits per heavy atom. The first kappa shape index (κ1) is 16.3. The van der Waals surface area contributed by atoms with Crippen LogP contribution in [0, 0.1) is 0 Å². The number of hydrogen-bond acceptors (Lipinski definition) is 8. The summed E-state index contributed by atoms with van der Waals surface area (Å²) in [4.78, 5) is 20.6. The molecule has 140 valence electrons. The number of hydrogen-bond donors (Lipinski definition) is 1. The zero-order chi connectivity index (χ0) is 18.9. The highest BCUT2D eigenvalue weighted by Crippen LogP contribution is 2.17. The molecule has 0 saturated carbocycles. The van der Waals surface area contributed by atoms with Crippen molar-refractivity contribution in [2.45, 2.75) is 0 Å². The highest BCUT2D eigenvalue weighted by molar-refractivity contribution is 5.97. The fourth-order valence-electron chi connectivity index (χ4n) is 3.23. The van der Waals surface area contributed by atoms with E-state index in [-0.39, 0.29) is 5.91 Å². The lowest BCUT2D eigenvalue weighted by Gasteiger charge is -2.35. The Hall–Kier alpha value is -3.89. The molecule has 0 atom stereocenters. The zero-order valence-corrected chi connectivity index (χ0v) is 14.8. The van der Waals surface area contributed by atoms with Gasteiger partial charge < -0.3 is 9.80 Å². The first-order chi connectivity index (χ1) is 13.8. The number of benzene rings is 1. The number of piperazine rings is 1. The van der Waals surface area contributed by atoms with Gasteiger partial charge in [0.15, 0.2) is 11.6 Å². The Balaban J connectivity index is 1.25. The molecule has 4 heterocycles. The van der Waals surface area contributed by atoms with E-state index >= 15 is 0 Å². The monoisotopic (exact) mass is 376 g/mol. The maximum Gasteiger partial charge on any atom is 0.254 e. The number of rotatable bonds is 3. The molecule has 5 rings (SSSR count). The molecule has 4 aromatic rings. The van der Waals surface area contributed by atoms with E-state index in [1.54, 1.807) is 29.2 Å². The van der Waals surface area contributed by atoms with Crippen molar-refractivity contribution < 1.29 is 4.79 Å². The molecule has 1 aromatic carbocycles. The Kier molecular flexibility index (Phi) is 3.89. The summed E-state index contributed by atoms with van der Waals surface area (Å²) in [6, 6.07) is 9.10. The molecule has 0 spiro atoms. The Morgan fingerprint density at radius 3 is 2.46 bits per heavy atom. The molecule has 1 aliphatic rings. The molecule has 11 nitrogen and oxygen atoms in total. The van der Waals surface area contributed by atoms with Crippen molar-refractivity contribution in [3.05, 3.63) is 48.5 Å². The second-order valence-electron chi connectivity index (χ2n) is 6.40. The molecule has 0 unspecified atom stereocenters. The van der Waals surface area contributed by atoms with Crippen LogP contribution in [0.4, 0.5) is 5.82 Å². The molecule has 1 aliphatic heterocycles. The summed E-state index contributed by atoms with van der Waals surface area (Å²) in [5.74, 6) is 1.38. The van der Waals surface area contributed by atoms with Crippen molar-refractivity contribution in [2.75, 3.05) is 31.1 Å². The van der Waals surface area contributed by atoms with Crippen LogP contribution in [0.5, 0.6) is 0 Å². The van der Waals surface area contributed by atoms with Crippen molar-refractivity contribution in [3.8, 4) is 5.82 Å². The van der Waals surface area contributed by atoms with E-state index in [9.17, 15) is 4.79 Å². The molecule has 0 radical (unpaired) electrons. The van der Waals surface area contributed by atoms with E-state index in [1.165, 1.54) is 6.33 Å². The SMILES string of the molecule is O=C(c1ccc2n[nH]nc2c1)N1CCN(c2ccc(-n3cncn3)nn2)CC1. The Labute approximate surface area is 159 Å². The molecule has 1 N–H and O–H groups in total. The van der Waals surface area contributed by atoms with E-state index in [0.717, 1.165) is 11.3 Å². The van der Waals surface area contributed by atoms with Gasteiger partial charge in [-0.05, 0) is 30.3 Å². The van der Waals surface area contributed by atoms with E-state index in [1.807, 2.05) is 17.0 Å². The van der Waals surface area contributed by atoms with E-state index < -0.39 is 0 Å². The number of fused-ring (bicyclic) bond motifs is 1. The van der Waals surface area contributed by atoms with Gasteiger partial charge in [0.1, 0.15) is 23.7 Å². The van der Waals surface area contributed by atoms with Gasteiger partial charge in [-0.2, -0.15) is 20.5 Å². The summed E-state index contributed by atoms with van der Waals surface area (Å²) in [6.45, 7) is 2.61. The quantitative estimate of drug-likeness (QED) is 0.541. The lowest BCUT2D eigenvalue weighted by Crippen LogP contribution is -2.49. The third kappa shape index (κ3) is 2.92. The van der Waals surface area contributed by atoms with Crippen LogP contribution in [0.25, 0.3) is 16.9 Å². The Morgan fingerprint density at radius 1 is 0.929 bits per heavy atom. The van der Waals surface area contributed by atoms with Gasteiger partial charge in [0.25, 0.3) is 5.91 Å². The first-order valence-electron chi connectivity index (χ1n) is 8.81. The maximum atomic E-state index is 12.8. The van der Waals surface area contributed by atoms with Crippen LogP contribution < -0.4 is 4.90 Å².